The number of halogens is 2. The Morgan fingerprint density at radius 3 is 2.94 bits per heavy atom. The van der Waals surface area contributed by atoms with Gasteiger partial charge in [0.1, 0.15) is 11.4 Å². The predicted octanol–water partition coefficient (Wildman–Crippen LogP) is 3.61. The van der Waals surface area contributed by atoms with Crippen molar-refractivity contribution in [3.05, 3.63) is 28.2 Å². The highest BCUT2D eigenvalue weighted by Gasteiger charge is 2.35. The molecule has 2 rings (SSSR count). The Balaban J connectivity index is 2.11. The molecule has 2 nitrogen and oxygen atoms in total. The molecule has 1 aromatic rings. The van der Waals surface area contributed by atoms with E-state index in [9.17, 15) is 4.39 Å². The van der Waals surface area contributed by atoms with Gasteiger partial charge in [0.2, 0.25) is 0 Å². The standard InChI is InChI=1S/C14H19BrFNO/c1-18-13-5-4-10(7-12(13)15)8-14(16)6-2-3-11(17)9-14/h4-5,7,11H,2-3,6,8-9,17H2,1H3. The second-order valence-corrected chi connectivity index (χ2v) is 6.01. The summed E-state index contributed by atoms with van der Waals surface area (Å²) in [5.74, 6) is 0.770. The molecule has 0 aliphatic heterocycles. The summed E-state index contributed by atoms with van der Waals surface area (Å²) in [4.78, 5) is 0. The molecule has 100 valence electrons. The third kappa shape index (κ3) is 3.23. The molecule has 0 bridgehead atoms. The molecule has 0 aromatic heterocycles. The summed E-state index contributed by atoms with van der Waals surface area (Å²) in [7, 11) is 1.62. The lowest BCUT2D eigenvalue weighted by Gasteiger charge is -2.33. The molecule has 0 amide bonds. The van der Waals surface area contributed by atoms with Gasteiger partial charge in [-0.2, -0.15) is 0 Å². The van der Waals surface area contributed by atoms with Crippen molar-refractivity contribution in [2.75, 3.05) is 7.11 Å². The average molecular weight is 316 g/mol. The molecule has 1 aliphatic carbocycles. The molecule has 0 saturated heterocycles. The normalized spacial score (nSPS) is 28.1. The van der Waals surface area contributed by atoms with Crippen LogP contribution in [0.4, 0.5) is 4.39 Å². The zero-order valence-electron chi connectivity index (χ0n) is 10.6. The van der Waals surface area contributed by atoms with Crippen LogP contribution in [0.1, 0.15) is 31.2 Å². The van der Waals surface area contributed by atoms with Crippen LogP contribution in [0.5, 0.6) is 5.75 Å². The van der Waals surface area contributed by atoms with Crippen LogP contribution >= 0.6 is 15.9 Å². The van der Waals surface area contributed by atoms with E-state index in [0.717, 1.165) is 28.6 Å². The molecule has 1 saturated carbocycles. The van der Waals surface area contributed by atoms with Crippen LogP contribution in [0.25, 0.3) is 0 Å². The Morgan fingerprint density at radius 2 is 2.33 bits per heavy atom. The maximum Gasteiger partial charge on any atom is 0.133 e. The van der Waals surface area contributed by atoms with Gasteiger partial charge < -0.3 is 10.5 Å². The average Bonchev–Trinajstić information content (AvgIpc) is 2.28. The third-order valence-corrected chi connectivity index (χ3v) is 4.18. The molecule has 18 heavy (non-hydrogen) atoms. The van der Waals surface area contributed by atoms with E-state index in [1.807, 2.05) is 18.2 Å². The molecule has 0 heterocycles. The molecule has 0 spiro atoms. The van der Waals surface area contributed by atoms with Crippen LogP contribution in [0.2, 0.25) is 0 Å². The maximum absolute atomic E-state index is 14.7. The summed E-state index contributed by atoms with van der Waals surface area (Å²) in [6, 6.07) is 5.72. The van der Waals surface area contributed by atoms with E-state index in [2.05, 4.69) is 15.9 Å². The Hall–Kier alpha value is -0.610. The molecule has 4 heteroatoms. The summed E-state index contributed by atoms with van der Waals surface area (Å²) in [6.07, 6.45) is 3.34. The lowest BCUT2D eigenvalue weighted by atomic mass is 9.80. The van der Waals surface area contributed by atoms with E-state index >= 15 is 0 Å². The molecule has 2 atom stereocenters. The zero-order chi connectivity index (χ0) is 13.2. The smallest absolute Gasteiger partial charge is 0.133 e. The second kappa shape index (κ2) is 5.57. The second-order valence-electron chi connectivity index (χ2n) is 5.15. The molecular formula is C14H19BrFNO. The van der Waals surface area contributed by atoms with Gasteiger partial charge >= 0.3 is 0 Å². The molecule has 2 unspecified atom stereocenters. The number of methoxy groups -OCH3 is 1. The van der Waals surface area contributed by atoms with Crippen LogP contribution < -0.4 is 10.5 Å². The van der Waals surface area contributed by atoms with Gasteiger partial charge in [-0.05, 0) is 59.3 Å². The summed E-state index contributed by atoms with van der Waals surface area (Å²) in [5.41, 5.74) is 5.71. The fourth-order valence-corrected chi connectivity index (χ4v) is 3.29. The third-order valence-electron chi connectivity index (χ3n) is 3.56. The van der Waals surface area contributed by atoms with Gasteiger partial charge in [0, 0.05) is 12.5 Å². The number of nitrogens with two attached hydrogens (primary N) is 1. The Morgan fingerprint density at radius 1 is 1.56 bits per heavy atom. The fourth-order valence-electron chi connectivity index (χ4n) is 2.70. The molecule has 1 aliphatic rings. The van der Waals surface area contributed by atoms with Gasteiger partial charge in [0.05, 0.1) is 11.6 Å². The van der Waals surface area contributed by atoms with E-state index in [0.29, 0.717) is 19.3 Å². The quantitative estimate of drug-likeness (QED) is 0.924. The van der Waals surface area contributed by atoms with Crippen LogP contribution in [0.15, 0.2) is 22.7 Å². The highest BCUT2D eigenvalue weighted by atomic mass is 79.9. The number of hydrogen-bond donors (Lipinski definition) is 1. The Bertz CT molecular complexity index is 426. The minimum absolute atomic E-state index is 0.00504. The predicted molar refractivity (Wildman–Crippen MR) is 74.7 cm³/mol. The van der Waals surface area contributed by atoms with Crippen molar-refractivity contribution in [2.45, 2.75) is 43.8 Å². The minimum atomic E-state index is -1.15. The monoisotopic (exact) mass is 315 g/mol. The van der Waals surface area contributed by atoms with E-state index in [4.69, 9.17) is 10.5 Å². The van der Waals surface area contributed by atoms with Crippen molar-refractivity contribution in [1.82, 2.24) is 0 Å². The molecule has 1 fully saturated rings. The van der Waals surface area contributed by atoms with Gasteiger partial charge in [-0.1, -0.05) is 6.07 Å². The zero-order valence-corrected chi connectivity index (χ0v) is 12.2. The van der Waals surface area contributed by atoms with Gasteiger partial charge in [-0.15, -0.1) is 0 Å². The van der Waals surface area contributed by atoms with E-state index in [-0.39, 0.29) is 6.04 Å². The van der Waals surface area contributed by atoms with E-state index < -0.39 is 5.67 Å². The van der Waals surface area contributed by atoms with Gasteiger partial charge in [-0.25, -0.2) is 4.39 Å². The first kappa shape index (κ1) is 13.8. The largest absolute Gasteiger partial charge is 0.496 e. The molecular weight excluding hydrogens is 297 g/mol. The van der Waals surface area contributed by atoms with Gasteiger partial charge in [0.15, 0.2) is 0 Å². The molecule has 2 N–H and O–H groups in total. The molecule has 0 radical (unpaired) electrons. The number of benzene rings is 1. The first-order valence-electron chi connectivity index (χ1n) is 6.29. The van der Waals surface area contributed by atoms with Crippen LogP contribution in [0, 0.1) is 0 Å². The van der Waals surface area contributed by atoms with Crippen LogP contribution in [0.3, 0.4) is 0 Å². The van der Waals surface area contributed by atoms with Crippen molar-refractivity contribution in [3.8, 4) is 5.75 Å². The van der Waals surface area contributed by atoms with E-state index in [1.54, 1.807) is 7.11 Å². The maximum atomic E-state index is 14.7. The summed E-state index contributed by atoms with van der Waals surface area (Å²) < 4.78 is 20.7. The number of hydrogen-bond acceptors (Lipinski definition) is 2. The first-order chi connectivity index (χ1) is 8.52. The fraction of sp³-hybridized carbons (Fsp3) is 0.571. The van der Waals surface area contributed by atoms with Crippen molar-refractivity contribution >= 4 is 15.9 Å². The van der Waals surface area contributed by atoms with Gasteiger partial charge in [-0.3, -0.25) is 0 Å². The topological polar surface area (TPSA) is 35.2 Å². The number of rotatable bonds is 3. The Labute approximate surface area is 116 Å². The summed E-state index contributed by atoms with van der Waals surface area (Å²) in [5, 5.41) is 0. The van der Waals surface area contributed by atoms with Crippen molar-refractivity contribution in [2.24, 2.45) is 5.73 Å². The van der Waals surface area contributed by atoms with Crippen LogP contribution in [-0.2, 0) is 6.42 Å². The van der Waals surface area contributed by atoms with Crippen molar-refractivity contribution in [1.29, 1.82) is 0 Å². The number of ether oxygens (including phenoxy) is 1. The van der Waals surface area contributed by atoms with Crippen molar-refractivity contribution < 1.29 is 9.13 Å². The minimum Gasteiger partial charge on any atom is -0.496 e. The van der Waals surface area contributed by atoms with Gasteiger partial charge in [0.25, 0.3) is 0 Å². The van der Waals surface area contributed by atoms with E-state index in [1.165, 1.54) is 0 Å². The lowest BCUT2D eigenvalue weighted by Crippen LogP contribution is -2.39. The summed E-state index contributed by atoms with van der Waals surface area (Å²) >= 11 is 3.43. The lowest BCUT2D eigenvalue weighted by molar-refractivity contribution is 0.0965. The highest BCUT2D eigenvalue weighted by Crippen LogP contribution is 2.35. The first-order valence-corrected chi connectivity index (χ1v) is 7.09. The highest BCUT2D eigenvalue weighted by molar-refractivity contribution is 9.10. The summed E-state index contributed by atoms with van der Waals surface area (Å²) in [6.45, 7) is 0. The SMILES string of the molecule is COc1ccc(CC2(F)CCCC(N)C2)cc1Br. The van der Waals surface area contributed by atoms with Crippen molar-refractivity contribution in [3.63, 3.8) is 0 Å². The molecule has 1 aromatic carbocycles. The number of alkyl halides is 1. The van der Waals surface area contributed by atoms with Crippen LogP contribution in [-0.4, -0.2) is 18.8 Å². The Kier molecular flexibility index (Phi) is 4.28.